The Hall–Kier alpha value is -2.53. The third-order valence-electron chi connectivity index (χ3n) is 3.99. The first kappa shape index (κ1) is 17.3. The standard InChI is InChI=1S/C19H20ClN3O2/c1-3-23-17-7-5-4-6-16(17)22-18(23)11-21-19(24)12-25-14-8-9-15(20)13(2)10-14/h4-10H,3,11-12H2,1-2H3,(H,21,24). The number of aromatic nitrogens is 2. The first-order valence-corrected chi connectivity index (χ1v) is 8.56. The molecule has 1 heterocycles. The van der Waals surface area contributed by atoms with E-state index in [-0.39, 0.29) is 12.5 Å². The number of nitrogens with zero attached hydrogens (tertiary/aromatic N) is 2. The van der Waals surface area contributed by atoms with Crippen LogP contribution in [0.5, 0.6) is 5.75 Å². The summed E-state index contributed by atoms with van der Waals surface area (Å²) in [5, 5.41) is 3.53. The van der Waals surface area contributed by atoms with Gasteiger partial charge in [-0.25, -0.2) is 4.98 Å². The molecule has 1 N–H and O–H groups in total. The fraction of sp³-hybridized carbons (Fsp3) is 0.263. The molecule has 0 spiro atoms. The van der Waals surface area contributed by atoms with Gasteiger partial charge in [-0.05, 0) is 49.7 Å². The number of amides is 1. The average Bonchev–Trinajstić information content (AvgIpc) is 2.98. The van der Waals surface area contributed by atoms with Crippen LogP contribution in [0, 0.1) is 6.92 Å². The monoisotopic (exact) mass is 357 g/mol. The molecule has 0 unspecified atom stereocenters. The zero-order valence-electron chi connectivity index (χ0n) is 14.3. The third-order valence-corrected chi connectivity index (χ3v) is 4.42. The second-order valence-electron chi connectivity index (χ2n) is 5.74. The summed E-state index contributed by atoms with van der Waals surface area (Å²) in [6, 6.07) is 13.3. The van der Waals surface area contributed by atoms with Crippen LogP contribution in [0.4, 0.5) is 0 Å². The van der Waals surface area contributed by atoms with E-state index >= 15 is 0 Å². The molecular formula is C19H20ClN3O2. The second kappa shape index (κ2) is 7.57. The molecule has 25 heavy (non-hydrogen) atoms. The fourth-order valence-corrected chi connectivity index (χ4v) is 2.82. The Morgan fingerprint density at radius 3 is 2.84 bits per heavy atom. The Balaban J connectivity index is 1.59. The van der Waals surface area contributed by atoms with Gasteiger partial charge in [-0.15, -0.1) is 0 Å². The molecule has 0 saturated heterocycles. The molecule has 0 atom stereocenters. The summed E-state index contributed by atoms with van der Waals surface area (Å²) < 4.78 is 7.61. The number of benzene rings is 2. The van der Waals surface area contributed by atoms with Crippen LogP contribution in [0.3, 0.4) is 0 Å². The van der Waals surface area contributed by atoms with E-state index in [9.17, 15) is 4.79 Å². The highest BCUT2D eigenvalue weighted by molar-refractivity contribution is 6.31. The zero-order chi connectivity index (χ0) is 17.8. The Labute approximate surface area is 151 Å². The number of imidazole rings is 1. The molecule has 5 nitrogen and oxygen atoms in total. The van der Waals surface area contributed by atoms with Gasteiger partial charge in [-0.1, -0.05) is 23.7 Å². The van der Waals surface area contributed by atoms with E-state index in [0.29, 0.717) is 17.3 Å². The third kappa shape index (κ3) is 3.94. The van der Waals surface area contributed by atoms with Gasteiger partial charge in [0.2, 0.25) is 0 Å². The van der Waals surface area contributed by atoms with Gasteiger partial charge in [0.05, 0.1) is 17.6 Å². The predicted molar refractivity (Wildman–Crippen MR) is 98.9 cm³/mol. The van der Waals surface area contributed by atoms with Crippen molar-refractivity contribution in [2.75, 3.05) is 6.61 Å². The summed E-state index contributed by atoms with van der Waals surface area (Å²) in [6.07, 6.45) is 0. The van der Waals surface area contributed by atoms with Crippen molar-refractivity contribution in [3.63, 3.8) is 0 Å². The van der Waals surface area contributed by atoms with Crippen molar-refractivity contribution in [2.45, 2.75) is 26.9 Å². The summed E-state index contributed by atoms with van der Waals surface area (Å²) in [5.41, 5.74) is 2.92. The maximum Gasteiger partial charge on any atom is 0.258 e. The van der Waals surface area contributed by atoms with E-state index in [0.717, 1.165) is 29.0 Å². The van der Waals surface area contributed by atoms with Gasteiger partial charge in [-0.3, -0.25) is 4.79 Å². The normalized spacial score (nSPS) is 10.8. The lowest BCUT2D eigenvalue weighted by Gasteiger charge is -2.09. The minimum Gasteiger partial charge on any atom is -0.484 e. The Kier molecular flexibility index (Phi) is 5.24. The summed E-state index contributed by atoms with van der Waals surface area (Å²) in [4.78, 5) is 16.6. The van der Waals surface area contributed by atoms with Gasteiger partial charge < -0.3 is 14.6 Å². The van der Waals surface area contributed by atoms with E-state index in [1.54, 1.807) is 12.1 Å². The molecule has 0 aliphatic heterocycles. The highest BCUT2D eigenvalue weighted by Crippen LogP contribution is 2.21. The fourth-order valence-electron chi connectivity index (χ4n) is 2.70. The van der Waals surface area contributed by atoms with Crippen LogP contribution in [-0.4, -0.2) is 22.1 Å². The summed E-state index contributed by atoms with van der Waals surface area (Å²) in [7, 11) is 0. The lowest BCUT2D eigenvalue weighted by molar-refractivity contribution is -0.123. The molecular weight excluding hydrogens is 338 g/mol. The Bertz CT molecular complexity index is 905. The van der Waals surface area contributed by atoms with Gasteiger partial charge >= 0.3 is 0 Å². The van der Waals surface area contributed by atoms with Crippen molar-refractivity contribution in [2.24, 2.45) is 0 Å². The first-order chi connectivity index (χ1) is 12.1. The van der Waals surface area contributed by atoms with Crippen LogP contribution in [-0.2, 0) is 17.9 Å². The first-order valence-electron chi connectivity index (χ1n) is 8.18. The number of hydrogen-bond donors (Lipinski definition) is 1. The molecule has 2 aromatic carbocycles. The van der Waals surface area contributed by atoms with E-state index in [2.05, 4.69) is 21.8 Å². The molecule has 0 radical (unpaired) electrons. The average molecular weight is 358 g/mol. The Morgan fingerprint density at radius 1 is 1.28 bits per heavy atom. The molecule has 0 aliphatic carbocycles. The second-order valence-corrected chi connectivity index (χ2v) is 6.14. The molecule has 130 valence electrons. The number of carbonyl (C=O) groups excluding carboxylic acids is 1. The summed E-state index contributed by atoms with van der Waals surface area (Å²) in [5.74, 6) is 1.26. The molecule has 3 rings (SSSR count). The number of nitrogens with one attached hydrogen (secondary N) is 1. The van der Waals surface area contributed by atoms with Gasteiger partial charge in [0.1, 0.15) is 11.6 Å². The molecule has 6 heteroatoms. The van der Waals surface area contributed by atoms with Crippen molar-refractivity contribution in [3.05, 3.63) is 58.9 Å². The highest BCUT2D eigenvalue weighted by atomic mass is 35.5. The van der Waals surface area contributed by atoms with Gasteiger partial charge in [0.15, 0.2) is 6.61 Å². The van der Waals surface area contributed by atoms with Crippen molar-refractivity contribution in [1.29, 1.82) is 0 Å². The van der Waals surface area contributed by atoms with Crippen LogP contribution in [0.25, 0.3) is 11.0 Å². The summed E-state index contributed by atoms with van der Waals surface area (Å²) >= 11 is 5.98. The van der Waals surface area contributed by atoms with Crippen molar-refractivity contribution >= 4 is 28.5 Å². The number of para-hydroxylation sites is 2. The van der Waals surface area contributed by atoms with Crippen LogP contribution in [0.1, 0.15) is 18.3 Å². The minimum atomic E-state index is -0.192. The molecule has 0 aliphatic rings. The largest absolute Gasteiger partial charge is 0.484 e. The number of rotatable bonds is 6. The maximum absolute atomic E-state index is 12.1. The van der Waals surface area contributed by atoms with Crippen LogP contribution < -0.4 is 10.1 Å². The van der Waals surface area contributed by atoms with Crippen LogP contribution in [0.2, 0.25) is 5.02 Å². The van der Waals surface area contributed by atoms with Crippen molar-refractivity contribution in [1.82, 2.24) is 14.9 Å². The number of halogens is 1. The van der Waals surface area contributed by atoms with Crippen molar-refractivity contribution < 1.29 is 9.53 Å². The molecule has 0 fully saturated rings. The molecule has 1 amide bonds. The lowest BCUT2D eigenvalue weighted by Crippen LogP contribution is -2.29. The molecule has 3 aromatic rings. The summed E-state index contributed by atoms with van der Waals surface area (Å²) in [6.45, 7) is 5.07. The lowest BCUT2D eigenvalue weighted by atomic mass is 10.2. The minimum absolute atomic E-state index is 0.0482. The molecule has 0 bridgehead atoms. The number of ether oxygens (including phenoxy) is 1. The quantitative estimate of drug-likeness (QED) is 0.731. The molecule has 1 aromatic heterocycles. The van der Waals surface area contributed by atoms with E-state index < -0.39 is 0 Å². The highest BCUT2D eigenvalue weighted by Gasteiger charge is 2.10. The smallest absolute Gasteiger partial charge is 0.258 e. The number of carbonyl (C=O) groups is 1. The van der Waals surface area contributed by atoms with E-state index in [1.807, 2.05) is 37.3 Å². The van der Waals surface area contributed by atoms with Crippen LogP contribution in [0.15, 0.2) is 42.5 Å². The Morgan fingerprint density at radius 2 is 2.08 bits per heavy atom. The van der Waals surface area contributed by atoms with Gasteiger partial charge in [0, 0.05) is 11.6 Å². The number of aryl methyl sites for hydroxylation is 2. The topological polar surface area (TPSA) is 56.2 Å². The maximum atomic E-state index is 12.1. The van der Waals surface area contributed by atoms with Crippen LogP contribution >= 0.6 is 11.6 Å². The van der Waals surface area contributed by atoms with E-state index in [1.165, 1.54) is 0 Å². The van der Waals surface area contributed by atoms with Crippen molar-refractivity contribution in [3.8, 4) is 5.75 Å². The van der Waals surface area contributed by atoms with Gasteiger partial charge in [-0.2, -0.15) is 0 Å². The predicted octanol–water partition coefficient (Wildman–Crippen LogP) is 3.71. The van der Waals surface area contributed by atoms with Gasteiger partial charge in [0.25, 0.3) is 5.91 Å². The number of fused-ring (bicyclic) bond motifs is 1. The number of hydrogen-bond acceptors (Lipinski definition) is 3. The SMILES string of the molecule is CCn1c(CNC(=O)COc2ccc(Cl)c(C)c2)nc2ccccc21. The zero-order valence-corrected chi connectivity index (χ0v) is 15.0. The molecule has 0 saturated carbocycles. The van der Waals surface area contributed by atoms with E-state index in [4.69, 9.17) is 16.3 Å².